The fourth-order valence-corrected chi connectivity index (χ4v) is 5.35. The average Bonchev–Trinajstić information content (AvgIpc) is 2.83. The number of sulfonamides is 1. The molecule has 4 rings (SSSR count). The highest BCUT2D eigenvalue weighted by Crippen LogP contribution is 2.40. The molecule has 3 aromatic carbocycles. The zero-order chi connectivity index (χ0) is 27.9. The summed E-state index contributed by atoms with van der Waals surface area (Å²) in [5.41, 5.74) is 2.01. The molecule has 1 aliphatic rings. The normalized spacial score (nSPS) is 15.9. The molecule has 0 saturated carbocycles. The minimum atomic E-state index is -4.84. The summed E-state index contributed by atoms with van der Waals surface area (Å²) in [6.07, 6.45) is -6.07. The number of aryl methyl sites for hydroxylation is 1. The Bertz CT molecular complexity index is 1430. The number of rotatable bonds is 5. The van der Waals surface area contributed by atoms with Crippen LogP contribution in [0.2, 0.25) is 0 Å². The molecule has 3 aromatic rings. The predicted molar refractivity (Wildman–Crippen MR) is 137 cm³/mol. The van der Waals surface area contributed by atoms with Crippen LogP contribution in [0.1, 0.15) is 31.9 Å². The fourth-order valence-electron chi connectivity index (χ4n) is 3.88. The first-order valence-corrected chi connectivity index (χ1v) is 13.1. The molecular weight excluding hydrogens is 521 g/mol. The van der Waals surface area contributed by atoms with E-state index in [4.69, 9.17) is 4.74 Å². The van der Waals surface area contributed by atoms with Crippen molar-refractivity contribution in [3.8, 4) is 11.5 Å². The Morgan fingerprint density at radius 3 is 2.21 bits per heavy atom. The van der Waals surface area contributed by atoms with Crippen LogP contribution < -0.4 is 19.1 Å². The van der Waals surface area contributed by atoms with Gasteiger partial charge in [0, 0.05) is 5.69 Å². The first kappa shape index (κ1) is 27.3. The summed E-state index contributed by atoms with van der Waals surface area (Å²) in [5.74, 6) is -0.887. The zero-order valence-electron chi connectivity index (χ0n) is 21.2. The lowest BCUT2D eigenvalue weighted by atomic mass is 9.86. The van der Waals surface area contributed by atoms with Crippen molar-refractivity contribution in [2.75, 3.05) is 16.2 Å². The monoisotopic (exact) mass is 548 g/mol. The van der Waals surface area contributed by atoms with Crippen molar-refractivity contribution in [2.24, 2.45) is 0 Å². The zero-order valence-corrected chi connectivity index (χ0v) is 22.0. The number of nitrogens with one attached hydrogen (secondary N) is 1. The van der Waals surface area contributed by atoms with Crippen LogP contribution in [0.3, 0.4) is 0 Å². The highest BCUT2D eigenvalue weighted by Gasteiger charge is 2.38. The number of carbonyl (C=O) groups excluding carboxylic acids is 1. The summed E-state index contributed by atoms with van der Waals surface area (Å²) < 4.78 is 75.6. The van der Waals surface area contributed by atoms with Gasteiger partial charge in [0.2, 0.25) is 0 Å². The van der Waals surface area contributed by atoms with E-state index in [-0.39, 0.29) is 28.3 Å². The number of hydrogen-bond acceptors (Lipinski definition) is 5. The van der Waals surface area contributed by atoms with E-state index in [0.29, 0.717) is 5.69 Å². The SMILES string of the molecule is Cc1ccc(S(=O)(=O)N2CC(C(=O)Nc3ccc(OC(F)(F)F)cc3)Oc3ccc(C(C)(C)C)cc32)cc1. The molecule has 1 aliphatic heterocycles. The third-order valence-corrected chi connectivity index (χ3v) is 7.75. The van der Waals surface area contributed by atoms with E-state index in [1.54, 1.807) is 24.3 Å². The lowest BCUT2D eigenvalue weighted by Crippen LogP contribution is -2.49. The van der Waals surface area contributed by atoms with Gasteiger partial charge in [-0.25, -0.2) is 8.42 Å². The Balaban J connectivity index is 1.65. The largest absolute Gasteiger partial charge is 0.573 e. The smallest absolute Gasteiger partial charge is 0.476 e. The van der Waals surface area contributed by atoms with Gasteiger partial charge in [-0.2, -0.15) is 0 Å². The van der Waals surface area contributed by atoms with Crippen molar-refractivity contribution < 1.29 is 35.9 Å². The van der Waals surface area contributed by atoms with Crippen LogP contribution >= 0.6 is 0 Å². The van der Waals surface area contributed by atoms with Gasteiger partial charge in [-0.05, 0) is 66.4 Å². The van der Waals surface area contributed by atoms with Crippen LogP contribution in [0.4, 0.5) is 24.5 Å². The molecule has 1 amide bonds. The highest BCUT2D eigenvalue weighted by molar-refractivity contribution is 7.92. The van der Waals surface area contributed by atoms with Crippen molar-refractivity contribution >= 4 is 27.3 Å². The molecule has 0 aromatic heterocycles. The molecule has 0 saturated heterocycles. The predicted octanol–water partition coefficient (Wildman–Crippen LogP) is 5.79. The molecule has 11 heteroatoms. The van der Waals surface area contributed by atoms with Crippen molar-refractivity contribution in [1.82, 2.24) is 0 Å². The first-order valence-electron chi connectivity index (χ1n) is 11.7. The van der Waals surface area contributed by atoms with Crippen molar-refractivity contribution in [1.29, 1.82) is 0 Å². The number of nitrogens with zero attached hydrogens (tertiary/aromatic N) is 1. The Morgan fingerprint density at radius 2 is 1.63 bits per heavy atom. The summed E-state index contributed by atoms with van der Waals surface area (Å²) in [5, 5.41) is 2.57. The van der Waals surface area contributed by atoms with E-state index in [1.807, 2.05) is 33.8 Å². The maximum absolute atomic E-state index is 13.7. The minimum Gasteiger partial charge on any atom is -0.476 e. The second kappa shape index (κ2) is 9.86. The average molecular weight is 549 g/mol. The van der Waals surface area contributed by atoms with Crippen molar-refractivity contribution in [3.05, 3.63) is 77.9 Å². The first-order chi connectivity index (χ1) is 17.6. The van der Waals surface area contributed by atoms with E-state index in [0.717, 1.165) is 27.6 Å². The highest BCUT2D eigenvalue weighted by atomic mass is 32.2. The van der Waals surface area contributed by atoms with Gasteiger partial charge in [-0.1, -0.05) is 44.5 Å². The molecule has 0 aliphatic carbocycles. The van der Waals surface area contributed by atoms with Crippen LogP contribution in [0, 0.1) is 6.92 Å². The number of ether oxygens (including phenoxy) is 2. The Labute approximate surface area is 219 Å². The lowest BCUT2D eigenvalue weighted by molar-refractivity contribution is -0.274. The molecule has 1 atom stereocenters. The molecular formula is C27H27F3N2O5S. The van der Waals surface area contributed by atoms with Gasteiger partial charge in [0.05, 0.1) is 17.1 Å². The van der Waals surface area contributed by atoms with Crippen LogP contribution in [0.5, 0.6) is 11.5 Å². The molecule has 202 valence electrons. The van der Waals surface area contributed by atoms with Crippen LogP contribution in [0.25, 0.3) is 0 Å². The van der Waals surface area contributed by atoms with E-state index < -0.39 is 34.1 Å². The van der Waals surface area contributed by atoms with Crippen molar-refractivity contribution in [2.45, 2.75) is 50.5 Å². The number of amides is 1. The third-order valence-electron chi connectivity index (χ3n) is 5.95. The third kappa shape index (κ3) is 6.04. The maximum atomic E-state index is 13.7. The number of halogens is 3. The number of benzene rings is 3. The Hall–Kier alpha value is -3.73. The minimum absolute atomic E-state index is 0.0662. The van der Waals surface area contributed by atoms with E-state index in [9.17, 15) is 26.4 Å². The number of hydrogen-bond donors (Lipinski definition) is 1. The number of carbonyl (C=O) groups is 1. The van der Waals surface area contributed by atoms with Gasteiger partial charge in [0.1, 0.15) is 11.5 Å². The number of anilines is 2. The maximum Gasteiger partial charge on any atom is 0.573 e. The van der Waals surface area contributed by atoms with Crippen LogP contribution in [-0.2, 0) is 20.2 Å². The molecule has 1 heterocycles. The molecule has 0 bridgehead atoms. The fraction of sp³-hybridized carbons (Fsp3) is 0.296. The van der Waals surface area contributed by atoms with E-state index in [2.05, 4.69) is 10.1 Å². The van der Waals surface area contributed by atoms with Gasteiger partial charge in [0.15, 0.2) is 6.10 Å². The summed E-state index contributed by atoms with van der Waals surface area (Å²) in [6, 6.07) is 16.2. The number of fused-ring (bicyclic) bond motifs is 1. The van der Waals surface area contributed by atoms with Gasteiger partial charge in [-0.15, -0.1) is 13.2 Å². The van der Waals surface area contributed by atoms with Gasteiger partial charge in [0.25, 0.3) is 15.9 Å². The molecule has 1 unspecified atom stereocenters. The Kier molecular flexibility index (Phi) is 7.09. The van der Waals surface area contributed by atoms with Crippen LogP contribution in [-0.4, -0.2) is 33.3 Å². The molecule has 0 radical (unpaired) electrons. The van der Waals surface area contributed by atoms with E-state index >= 15 is 0 Å². The number of alkyl halides is 3. The van der Waals surface area contributed by atoms with Crippen molar-refractivity contribution in [3.63, 3.8) is 0 Å². The second-order valence-electron chi connectivity index (χ2n) is 9.95. The second-order valence-corrected chi connectivity index (χ2v) is 11.8. The topological polar surface area (TPSA) is 84.9 Å². The quantitative estimate of drug-likeness (QED) is 0.437. The molecule has 1 N–H and O–H groups in total. The summed E-state index contributed by atoms with van der Waals surface area (Å²) >= 11 is 0. The van der Waals surface area contributed by atoms with Crippen LogP contribution in [0.15, 0.2) is 71.6 Å². The molecule has 0 spiro atoms. The molecule has 38 heavy (non-hydrogen) atoms. The summed E-state index contributed by atoms with van der Waals surface area (Å²) in [7, 11) is -4.07. The molecule has 7 nitrogen and oxygen atoms in total. The molecule has 0 fully saturated rings. The standard InChI is InChI=1S/C27H27F3N2O5S/c1-17-5-12-21(13-6-17)38(34,35)32-16-24(36-23-14-7-18(15-22(23)32)26(2,3)4)25(33)31-19-8-10-20(11-9-19)37-27(28,29)30/h5-15,24H,16H2,1-4H3,(H,31,33). The van der Waals surface area contributed by atoms with Gasteiger partial charge < -0.3 is 14.8 Å². The summed E-state index contributed by atoms with van der Waals surface area (Å²) in [6.45, 7) is 7.53. The van der Waals surface area contributed by atoms with Gasteiger partial charge in [-0.3, -0.25) is 9.10 Å². The van der Waals surface area contributed by atoms with E-state index in [1.165, 1.54) is 24.3 Å². The lowest BCUT2D eigenvalue weighted by Gasteiger charge is -2.36. The summed E-state index contributed by atoms with van der Waals surface area (Å²) in [4.78, 5) is 13.2. The Morgan fingerprint density at radius 1 is 1.00 bits per heavy atom. The van der Waals surface area contributed by atoms with Gasteiger partial charge >= 0.3 is 6.36 Å².